The largest absolute Gasteiger partial charge is 0.316 e. The molecule has 0 aliphatic carbocycles. The van der Waals surface area contributed by atoms with Gasteiger partial charge in [0.15, 0.2) is 11.6 Å². The van der Waals surface area contributed by atoms with Gasteiger partial charge in [-0.15, -0.1) is 0 Å². The third kappa shape index (κ3) is 6.07. The van der Waals surface area contributed by atoms with Gasteiger partial charge in [-0.2, -0.15) is 0 Å². The van der Waals surface area contributed by atoms with E-state index in [0.29, 0.717) is 6.04 Å². The standard InChI is InChI=1S/C14H22F2N2/c1-11(2)18-8-3-7-17-9-6-12-4-5-13(15)14(16)10-12/h4-5,10-11,17-18H,3,6-9H2,1-2H3. The monoisotopic (exact) mass is 256 g/mol. The summed E-state index contributed by atoms with van der Waals surface area (Å²) < 4.78 is 25.6. The number of rotatable bonds is 8. The first kappa shape index (κ1) is 15.1. The summed E-state index contributed by atoms with van der Waals surface area (Å²) in [6.07, 6.45) is 1.78. The van der Waals surface area contributed by atoms with Crippen molar-refractivity contribution < 1.29 is 8.78 Å². The van der Waals surface area contributed by atoms with Crippen LogP contribution in [0.5, 0.6) is 0 Å². The van der Waals surface area contributed by atoms with E-state index >= 15 is 0 Å². The Hall–Kier alpha value is -1.00. The van der Waals surface area contributed by atoms with Gasteiger partial charge in [0.2, 0.25) is 0 Å². The van der Waals surface area contributed by atoms with Crippen molar-refractivity contribution in [2.45, 2.75) is 32.7 Å². The van der Waals surface area contributed by atoms with Crippen LogP contribution < -0.4 is 10.6 Å². The van der Waals surface area contributed by atoms with Gasteiger partial charge in [-0.25, -0.2) is 8.78 Å². The van der Waals surface area contributed by atoms with Crippen molar-refractivity contribution in [1.82, 2.24) is 10.6 Å². The van der Waals surface area contributed by atoms with Gasteiger partial charge in [-0.3, -0.25) is 0 Å². The highest BCUT2D eigenvalue weighted by Crippen LogP contribution is 2.08. The van der Waals surface area contributed by atoms with Gasteiger partial charge >= 0.3 is 0 Å². The number of nitrogens with one attached hydrogen (secondary N) is 2. The smallest absolute Gasteiger partial charge is 0.159 e. The molecule has 0 amide bonds. The molecule has 0 fully saturated rings. The summed E-state index contributed by atoms with van der Waals surface area (Å²) in [6, 6.07) is 4.58. The van der Waals surface area contributed by atoms with Crippen molar-refractivity contribution in [3.05, 3.63) is 35.4 Å². The molecular weight excluding hydrogens is 234 g/mol. The highest BCUT2D eigenvalue weighted by molar-refractivity contribution is 5.17. The van der Waals surface area contributed by atoms with Crippen LogP contribution in [0.3, 0.4) is 0 Å². The maximum Gasteiger partial charge on any atom is 0.159 e. The minimum Gasteiger partial charge on any atom is -0.316 e. The summed E-state index contributed by atoms with van der Waals surface area (Å²) in [7, 11) is 0. The second-order valence-corrected chi connectivity index (χ2v) is 4.71. The Balaban J connectivity index is 2.09. The molecule has 0 unspecified atom stereocenters. The average Bonchev–Trinajstić information content (AvgIpc) is 2.32. The van der Waals surface area contributed by atoms with Crippen molar-refractivity contribution >= 4 is 0 Å². The minimum atomic E-state index is -0.786. The minimum absolute atomic E-state index is 0.521. The lowest BCUT2D eigenvalue weighted by Crippen LogP contribution is -2.27. The summed E-state index contributed by atoms with van der Waals surface area (Å²) in [4.78, 5) is 0. The molecule has 0 bridgehead atoms. The van der Waals surface area contributed by atoms with E-state index in [1.807, 2.05) is 0 Å². The Morgan fingerprint density at radius 1 is 1.06 bits per heavy atom. The van der Waals surface area contributed by atoms with Crippen LogP contribution in [0.25, 0.3) is 0 Å². The fourth-order valence-electron chi connectivity index (χ4n) is 1.66. The normalized spacial score (nSPS) is 11.2. The molecule has 18 heavy (non-hydrogen) atoms. The van der Waals surface area contributed by atoms with E-state index < -0.39 is 11.6 Å². The van der Waals surface area contributed by atoms with Gasteiger partial charge in [0.25, 0.3) is 0 Å². The first-order valence-electron chi connectivity index (χ1n) is 6.47. The van der Waals surface area contributed by atoms with Crippen molar-refractivity contribution in [3.63, 3.8) is 0 Å². The van der Waals surface area contributed by atoms with Crippen LogP contribution in [0.2, 0.25) is 0 Å². The quantitative estimate of drug-likeness (QED) is 0.698. The van der Waals surface area contributed by atoms with Crippen LogP contribution in [-0.2, 0) is 6.42 Å². The van der Waals surface area contributed by atoms with Crippen LogP contribution in [0.1, 0.15) is 25.8 Å². The van der Waals surface area contributed by atoms with Gasteiger partial charge in [0.1, 0.15) is 0 Å². The van der Waals surface area contributed by atoms with Gasteiger partial charge in [0, 0.05) is 6.04 Å². The third-order valence-corrected chi connectivity index (χ3v) is 2.66. The Bertz CT molecular complexity index is 354. The van der Waals surface area contributed by atoms with E-state index in [4.69, 9.17) is 0 Å². The van der Waals surface area contributed by atoms with Gasteiger partial charge in [0.05, 0.1) is 0 Å². The lowest BCUT2D eigenvalue weighted by atomic mass is 10.1. The Kier molecular flexibility index (Phi) is 6.83. The summed E-state index contributed by atoms with van der Waals surface area (Å²) in [6.45, 7) is 6.96. The van der Waals surface area contributed by atoms with Crippen LogP contribution in [0, 0.1) is 11.6 Å². The van der Waals surface area contributed by atoms with E-state index in [0.717, 1.165) is 38.0 Å². The van der Waals surface area contributed by atoms with Gasteiger partial charge in [-0.1, -0.05) is 19.9 Å². The number of halogens is 2. The van der Waals surface area contributed by atoms with Crippen LogP contribution >= 0.6 is 0 Å². The molecule has 0 saturated carbocycles. The summed E-state index contributed by atoms with van der Waals surface area (Å²) in [5, 5.41) is 6.62. The second kappa shape index (κ2) is 8.16. The third-order valence-electron chi connectivity index (χ3n) is 2.66. The van der Waals surface area contributed by atoms with E-state index in [1.54, 1.807) is 6.07 Å². The Morgan fingerprint density at radius 2 is 1.83 bits per heavy atom. The number of hydrogen-bond acceptors (Lipinski definition) is 2. The first-order chi connectivity index (χ1) is 8.59. The van der Waals surface area contributed by atoms with E-state index in [9.17, 15) is 8.78 Å². The molecule has 0 aliphatic heterocycles. The lowest BCUT2D eigenvalue weighted by Gasteiger charge is -2.08. The molecule has 1 aromatic rings. The molecule has 0 saturated heterocycles. The van der Waals surface area contributed by atoms with Gasteiger partial charge < -0.3 is 10.6 Å². The highest BCUT2D eigenvalue weighted by Gasteiger charge is 2.01. The number of hydrogen-bond donors (Lipinski definition) is 2. The molecule has 1 aromatic carbocycles. The van der Waals surface area contributed by atoms with Crippen LogP contribution in [0.4, 0.5) is 8.78 Å². The first-order valence-corrected chi connectivity index (χ1v) is 6.47. The van der Waals surface area contributed by atoms with E-state index in [1.165, 1.54) is 12.1 Å². The molecule has 0 aromatic heterocycles. The zero-order chi connectivity index (χ0) is 13.4. The van der Waals surface area contributed by atoms with Crippen molar-refractivity contribution in [2.24, 2.45) is 0 Å². The molecule has 0 heterocycles. The second-order valence-electron chi connectivity index (χ2n) is 4.71. The molecular formula is C14H22F2N2. The summed E-state index contributed by atoms with van der Waals surface area (Å²) in [5.74, 6) is -1.56. The lowest BCUT2D eigenvalue weighted by molar-refractivity contribution is 0.506. The topological polar surface area (TPSA) is 24.1 Å². The fourth-order valence-corrected chi connectivity index (χ4v) is 1.66. The number of benzene rings is 1. The molecule has 2 nitrogen and oxygen atoms in total. The predicted octanol–water partition coefficient (Wildman–Crippen LogP) is 2.49. The summed E-state index contributed by atoms with van der Waals surface area (Å²) in [5.41, 5.74) is 0.821. The van der Waals surface area contributed by atoms with Crippen LogP contribution in [0.15, 0.2) is 18.2 Å². The maximum atomic E-state index is 12.9. The molecule has 0 spiro atoms. The molecule has 102 valence electrons. The fraction of sp³-hybridized carbons (Fsp3) is 0.571. The Labute approximate surface area is 108 Å². The molecule has 0 radical (unpaired) electrons. The molecule has 1 rings (SSSR count). The van der Waals surface area contributed by atoms with Crippen molar-refractivity contribution in [3.8, 4) is 0 Å². The van der Waals surface area contributed by atoms with E-state index in [2.05, 4.69) is 24.5 Å². The molecule has 2 N–H and O–H groups in total. The zero-order valence-corrected chi connectivity index (χ0v) is 11.1. The average molecular weight is 256 g/mol. The van der Waals surface area contributed by atoms with Crippen molar-refractivity contribution in [1.29, 1.82) is 0 Å². The highest BCUT2D eigenvalue weighted by atomic mass is 19.2. The molecule has 0 atom stereocenters. The zero-order valence-electron chi connectivity index (χ0n) is 11.1. The summed E-state index contributed by atoms with van der Waals surface area (Å²) >= 11 is 0. The molecule has 0 aliphatic rings. The van der Waals surface area contributed by atoms with Gasteiger partial charge in [-0.05, 0) is 50.2 Å². The van der Waals surface area contributed by atoms with E-state index in [-0.39, 0.29) is 0 Å². The van der Waals surface area contributed by atoms with Crippen molar-refractivity contribution in [2.75, 3.05) is 19.6 Å². The van der Waals surface area contributed by atoms with Crippen LogP contribution in [-0.4, -0.2) is 25.7 Å². The Morgan fingerprint density at radius 3 is 2.50 bits per heavy atom. The SMILES string of the molecule is CC(C)NCCCNCCc1ccc(F)c(F)c1. The maximum absolute atomic E-state index is 12.9. The molecule has 4 heteroatoms. The predicted molar refractivity (Wildman–Crippen MR) is 70.7 cm³/mol.